The molecule has 0 unspecified atom stereocenters. The number of benzene rings is 3. The van der Waals surface area contributed by atoms with Gasteiger partial charge in [0, 0.05) is 23.4 Å². The van der Waals surface area contributed by atoms with Crippen molar-refractivity contribution in [1.29, 1.82) is 0 Å². The van der Waals surface area contributed by atoms with Crippen molar-refractivity contribution in [1.82, 2.24) is 5.32 Å². The maximum atomic E-state index is 12.4. The number of hydrogen-bond donors (Lipinski definition) is 2. The molecule has 0 aliphatic carbocycles. The first-order valence-electron chi connectivity index (χ1n) is 8.83. The van der Waals surface area contributed by atoms with Crippen molar-refractivity contribution in [3.63, 3.8) is 0 Å². The highest BCUT2D eigenvalue weighted by molar-refractivity contribution is 6.05. The van der Waals surface area contributed by atoms with Crippen LogP contribution in [0.5, 0.6) is 0 Å². The SMILES string of the molecule is Cc1cc(C)cc(NC(=O)c2ccc(C(=O)NCc3ccccc3)cc2)c1. The van der Waals surface area contributed by atoms with Crippen LogP contribution in [0.3, 0.4) is 0 Å². The second-order valence-electron chi connectivity index (χ2n) is 6.58. The van der Waals surface area contributed by atoms with Gasteiger partial charge in [-0.25, -0.2) is 0 Å². The summed E-state index contributed by atoms with van der Waals surface area (Å²) in [5, 5.41) is 5.77. The lowest BCUT2D eigenvalue weighted by atomic mass is 10.1. The summed E-state index contributed by atoms with van der Waals surface area (Å²) in [6, 6.07) is 22.3. The minimum absolute atomic E-state index is 0.167. The molecule has 27 heavy (non-hydrogen) atoms. The summed E-state index contributed by atoms with van der Waals surface area (Å²) < 4.78 is 0. The van der Waals surface area contributed by atoms with Gasteiger partial charge in [-0.15, -0.1) is 0 Å². The molecule has 0 aromatic heterocycles. The fourth-order valence-electron chi connectivity index (χ4n) is 2.90. The van der Waals surface area contributed by atoms with E-state index in [1.807, 2.05) is 56.3 Å². The van der Waals surface area contributed by atoms with Crippen LogP contribution in [0.15, 0.2) is 72.8 Å². The molecule has 0 heterocycles. The first-order valence-corrected chi connectivity index (χ1v) is 8.83. The molecule has 0 atom stereocenters. The van der Waals surface area contributed by atoms with Crippen LogP contribution >= 0.6 is 0 Å². The molecule has 0 aliphatic heterocycles. The van der Waals surface area contributed by atoms with E-state index < -0.39 is 0 Å². The van der Waals surface area contributed by atoms with Gasteiger partial charge in [0.15, 0.2) is 0 Å². The van der Waals surface area contributed by atoms with Gasteiger partial charge in [-0.1, -0.05) is 36.4 Å². The van der Waals surface area contributed by atoms with Crippen molar-refractivity contribution in [3.8, 4) is 0 Å². The first-order chi connectivity index (χ1) is 13.0. The highest BCUT2D eigenvalue weighted by Crippen LogP contribution is 2.15. The van der Waals surface area contributed by atoms with Gasteiger partial charge in [0.1, 0.15) is 0 Å². The quantitative estimate of drug-likeness (QED) is 0.706. The van der Waals surface area contributed by atoms with Crippen LogP contribution in [0.2, 0.25) is 0 Å². The van der Waals surface area contributed by atoms with E-state index in [0.717, 1.165) is 22.4 Å². The topological polar surface area (TPSA) is 58.2 Å². The van der Waals surface area contributed by atoms with Gasteiger partial charge in [-0.05, 0) is 66.9 Å². The predicted molar refractivity (Wildman–Crippen MR) is 108 cm³/mol. The lowest BCUT2D eigenvalue weighted by Gasteiger charge is -2.09. The van der Waals surface area contributed by atoms with Crippen LogP contribution in [-0.4, -0.2) is 11.8 Å². The van der Waals surface area contributed by atoms with Crippen molar-refractivity contribution in [3.05, 3.63) is 101 Å². The van der Waals surface area contributed by atoms with E-state index in [1.54, 1.807) is 24.3 Å². The van der Waals surface area contributed by atoms with Gasteiger partial charge >= 0.3 is 0 Å². The Kier molecular flexibility index (Phi) is 5.67. The summed E-state index contributed by atoms with van der Waals surface area (Å²) in [6.45, 7) is 4.45. The molecule has 0 saturated heterocycles. The Morgan fingerprint density at radius 3 is 1.89 bits per heavy atom. The lowest BCUT2D eigenvalue weighted by molar-refractivity contribution is 0.0949. The molecule has 3 aromatic carbocycles. The summed E-state index contributed by atoms with van der Waals surface area (Å²) >= 11 is 0. The number of amides is 2. The highest BCUT2D eigenvalue weighted by Gasteiger charge is 2.09. The van der Waals surface area contributed by atoms with Crippen LogP contribution < -0.4 is 10.6 Å². The third-order valence-corrected chi connectivity index (χ3v) is 4.18. The Balaban J connectivity index is 1.62. The lowest BCUT2D eigenvalue weighted by Crippen LogP contribution is -2.22. The van der Waals surface area contributed by atoms with E-state index in [1.165, 1.54) is 0 Å². The van der Waals surface area contributed by atoms with E-state index in [-0.39, 0.29) is 11.8 Å². The molecule has 4 heteroatoms. The molecule has 2 amide bonds. The number of carbonyl (C=O) groups excluding carboxylic acids is 2. The van der Waals surface area contributed by atoms with Gasteiger partial charge in [-0.3, -0.25) is 9.59 Å². The first kappa shape index (κ1) is 18.4. The van der Waals surface area contributed by atoms with Crippen molar-refractivity contribution >= 4 is 17.5 Å². The average Bonchev–Trinajstić information content (AvgIpc) is 2.66. The van der Waals surface area contributed by atoms with Gasteiger partial charge in [-0.2, -0.15) is 0 Å². The van der Waals surface area contributed by atoms with Gasteiger partial charge in [0.05, 0.1) is 0 Å². The molecule has 0 saturated carbocycles. The molecule has 0 bridgehead atoms. The van der Waals surface area contributed by atoms with E-state index in [4.69, 9.17) is 0 Å². The second-order valence-corrected chi connectivity index (χ2v) is 6.58. The molecular formula is C23H22N2O2. The monoisotopic (exact) mass is 358 g/mol. The number of aryl methyl sites for hydroxylation is 2. The third-order valence-electron chi connectivity index (χ3n) is 4.18. The summed E-state index contributed by atoms with van der Waals surface area (Å²) in [7, 11) is 0. The smallest absolute Gasteiger partial charge is 0.255 e. The fourth-order valence-corrected chi connectivity index (χ4v) is 2.90. The summed E-state index contributed by atoms with van der Waals surface area (Å²) in [5.74, 6) is -0.364. The van der Waals surface area contributed by atoms with Gasteiger partial charge < -0.3 is 10.6 Å². The van der Waals surface area contributed by atoms with Crippen molar-refractivity contribution < 1.29 is 9.59 Å². The fraction of sp³-hybridized carbons (Fsp3) is 0.130. The Morgan fingerprint density at radius 1 is 0.741 bits per heavy atom. The van der Waals surface area contributed by atoms with Gasteiger partial charge in [0.25, 0.3) is 11.8 Å². The minimum Gasteiger partial charge on any atom is -0.348 e. The van der Waals surface area contributed by atoms with Crippen LogP contribution in [0.1, 0.15) is 37.4 Å². The second kappa shape index (κ2) is 8.32. The third kappa shape index (κ3) is 5.05. The molecule has 0 fully saturated rings. The minimum atomic E-state index is -0.198. The molecule has 4 nitrogen and oxygen atoms in total. The summed E-state index contributed by atoms with van der Waals surface area (Å²) in [5.41, 5.74) is 5.02. The predicted octanol–water partition coefficient (Wildman–Crippen LogP) is 4.49. The molecule has 0 radical (unpaired) electrons. The number of anilines is 1. The van der Waals surface area contributed by atoms with Crippen LogP contribution in [0.4, 0.5) is 5.69 Å². The Labute approximate surface area is 159 Å². The molecule has 3 aromatic rings. The maximum absolute atomic E-state index is 12.4. The zero-order valence-electron chi connectivity index (χ0n) is 15.5. The number of nitrogens with one attached hydrogen (secondary N) is 2. The van der Waals surface area contributed by atoms with Crippen LogP contribution in [-0.2, 0) is 6.54 Å². The van der Waals surface area contributed by atoms with E-state index in [0.29, 0.717) is 17.7 Å². The molecule has 136 valence electrons. The molecule has 0 aliphatic rings. The highest BCUT2D eigenvalue weighted by atomic mass is 16.2. The maximum Gasteiger partial charge on any atom is 0.255 e. The Hall–Kier alpha value is -3.40. The van der Waals surface area contributed by atoms with E-state index in [2.05, 4.69) is 16.7 Å². The van der Waals surface area contributed by atoms with Crippen molar-refractivity contribution in [2.75, 3.05) is 5.32 Å². The van der Waals surface area contributed by atoms with Crippen molar-refractivity contribution in [2.45, 2.75) is 20.4 Å². The standard InChI is InChI=1S/C23H22N2O2/c1-16-12-17(2)14-21(13-16)25-23(27)20-10-8-19(9-11-20)22(26)24-15-18-6-4-3-5-7-18/h3-14H,15H2,1-2H3,(H,24,26)(H,25,27). The average molecular weight is 358 g/mol. The number of rotatable bonds is 5. The van der Waals surface area contributed by atoms with Crippen LogP contribution in [0.25, 0.3) is 0 Å². The van der Waals surface area contributed by atoms with E-state index in [9.17, 15) is 9.59 Å². The molecule has 3 rings (SSSR count). The molecular weight excluding hydrogens is 336 g/mol. The molecule has 2 N–H and O–H groups in total. The number of carbonyl (C=O) groups is 2. The summed E-state index contributed by atoms with van der Waals surface area (Å²) in [4.78, 5) is 24.7. The zero-order valence-corrected chi connectivity index (χ0v) is 15.5. The molecule has 0 spiro atoms. The van der Waals surface area contributed by atoms with Gasteiger partial charge in [0.2, 0.25) is 0 Å². The summed E-state index contributed by atoms with van der Waals surface area (Å²) in [6.07, 6.45) is 0. The Bertz CT molecular complexity index is 928. The number of hydrogen-bond acceptors (Lipinski definition) is 2. The normalized spacial score (nSPS) is 10.3. The zero-order chi connectivity index (χ0) is 19.2. The van der Waals surface area contributed by atoms with Crippen LogP contribution in [0, 0.1) is 13.8 Å². The largest absolute Gasteiger partial charge is 0.348 e. The van der Waals surface area contributed by atoms with Crippen molar-refractivity contribution in [2.24, 2.45) is 0 Å². The Morgan fingerprint density at radius 2 is 1.30 bits per heavy atom. The van der Waals surface area contributed by atoms with E-state index >= 15 is 0 Å².